The van der Waals surface area contributed by atoms with Gasteiger partial charge < -0.3 is 4.74 Å². The average Bonchev–Trinajstić information content (AvgIpc) is 1.81. The highest BCUT2D eigenvalue weighted by molar-refractivity contribution is 6.76. The number of rotatable bonds is 5. The summed E-state index contributed by atoms with van der Waals surface area (Å²) in [5.74, 6) is -0.747. The average molecular weight is 205 g/mol. The van der Waals surface area contributed by atoms with Gasteiger partial charge >= 0.3 is 5.97 Å². The van der Waals surface area contributed by atoms with Crippen molar-refractivity contribution in [3.8, 4) is 0 Å². The third-order valence-corrected chi connectivity index (χ3v) is 3.08. The number of nitro groups is 1. The zero-order chi connectivity index (χ0) is 10.5. The standard InChI is InChI=1S/C7H15NO4Si/c1-13(2,3)5-4-12-7(9)6-8(10)11/h4-6H2,1-3H3. The van der Waals surface area contributed by atoms with E-state index in [9.17, 15) is 14.9 Å². The van der Waals surface area contributed by atoms with E-state index in [0.717, 1.165) is 6.04 Å². The number of ether oxygens (including phenoxy) is 1. The Bertz CT molecular complexity index is 199. The van der Waals surface area contributed by atoms with E-state index < -0.39 is 25.5 Å². The maximum atomic E-state index is 10.7. The quantitative estimate of drug-likeness (QED) is 0.292. The fourth-order valence-corrected chi connectivity index (χ4v) is 1.34. The van der Waals surface area contributed by atoms with Gasteiger partial charge in [-0.25, -0.2) is 4.79 Å². The van der Waals surface area contributed by atoms with Crippen LogP contribution < -0.4 is 0 Å². The Morgan fingerprint density at radius 2 is 2.00 bits per heavy atom. The zero-order valence-corrected chi connectivity index (χ0v) is 9.20. The summed E-state index contributed by atoms with van der Waals surface area (Å²) in [5, 5.41) is 9.88. The van der Waals surface area contributed by atoms with Gasteiger partial charge in [0.2, 0.25) is 0 Å². The smallest absolute Gasteiger partial charge is 0.378 e. The van der Waals surface area contributed by atoms with E-state index in [-0.39, 0.29) is 0 Å². The summed E-state index contributed by atoms with van der Waals surface area (Å²) >= 11 is 0. The summed E-state index contributed by atoms with van der Waals surface area (Å²) in [4.78, 5) is 19.9. The summed E-state index contributed by atoms with van der Waals surface area (Å²) in [6.07, 6.45) is 0. The minimum atomic E-state index is -1.21. The molecule has 0 saturated heterocycles. The van der Waals surface area contributed by atoms with E-state index in [4.69, 9.17) is 0 Å². The molecule has 0 amide bonds. The molecule has 0 unspecified atom stereocenters. The molecule has 5 nitrogen and oxygen atoms in total. The van der Waals surface area contributed by atoms with Gasteiger partial charge in [-0.15, -0.1) is 0 Å². The van der Waals surface area contributed by atoms with E-state index in [2.05, 4.69) is 24.4 Å². The molecule has 76 valence electrons. The van der Waals surface area contributed by atoms with E-state index in [0.29, 0.717) is 6.61 Å². The van der Waals surface area contributed by atoms with Gasteiger partial charge in [0, 0.05) is 13.0 Å². The van der Waals surface area contributed by atoms with Crippen molar-refractivity contribution in [1.29, 1.82) is 0 Å². The van der Waals surface area contributed by atoms with Crippen molar-refractivity contribution >= 4 is 14.0 Å². The summed E-state index contributed by atoms with van der Waals surface area (Å²) < 4.78 is 4.68. The number of hydrogen-bond donors (Lipinski definition) is 0. The molecule has 0 aromatic carbocycles. The molecular formula is C7H15NO4Si. The predicted octanol–water partition coefficient (Wildman–Crippen LogP) is 1.14. The maximum absolute atomic E-state index is 10.7. The molecule has 0 N–H and O–H groups in total. The van der Waals surface area contributed by atoms with Crippen LogP contribution in [0, 0.1) is 10.1 Å². The lowest BCUT2D eigenvalue weighted by molar-refractivity contribution is -0.470. The lowest BCUT2D eigenvalue weighted by Crippen LogP contribution is -2.24. The Morgan fingerprint density at radius 1 is 1.46 bits per heavy atom. The second-order valence-corrected chi connectivity index (χ2v) is 9.64. The van der Waals surface area contributed by atoms with Crippen LogP contribution in [-0.4, -0.2) is 32.1 Å². The Labute approximate surface area is 78.2 Å². The molecule has 0 atom stereocenters. The second-order valence-electron chi connectivity index (χ2n) is 4.02. The Kier molecular flexibility index (Phi) is 4.61. The van der Waals surface area contributed by atoms with Crippen LogP contribution in [0.2, 0.25) is 25.7 Å². The molecule has 0 radical (unpaired) electrons. The van der Waals surface area contributed by atoms with Crippen molar-refractivity contribution in [2.45, 2.75) is 25.7 Å². The zero-order valence-electron chi connectivity index (χ0n) is 8.20. The van der Waals surface area contributed by atoms with Crippen LogP contribution in [0.15, 0.2) is 0 Å². The lowest BCUT2D eigenvalue weighted by atomic mass is 10.7. The SMILES string of the molecule is C[Si](C)(C)CCOC(=O)C[N+](=O)[O-]. The fraction of sp³-hybridized carbons (Fsp3) is 0.857. The van der Waals surface area contributed by atoms with Crippen molar-refractivity contribution in [3.05, 3.63) is 10.1 Å². The number of esters is 1. The highest BCUT2D eigenvalue weighted by atomic mass is 28.3. The lowest BCUT2D eigenvalue weighted by Gasteiger charge is -2.14. The molecule has 0 aliphatic carbocycles. The molecule has 0 aromatic rings. The van der Waals surface area contributed by atoms with E-state index in [1.807, 2.05) is 0 Å². The van der Waals surface area contributed by atoms with Gasteiger partial charge in [-0.1, -0.05) is 19.6 Å². The first kappa shape index (κ1) is 12.1. The van der Waals surface area contributed by atoms with Crippen molar-refractivity contribution in [2.75, 3.05) is 13.2 Å². The molecule has 0 rings (SSSR count). The molecule has 0 fully saturated rings. The molecule has 0 aromatic heterocycles. The fourth-order valence-electron chi connectivity index (χ4n) is 0.622. The third-order valence-electron chi connectivity index (χ3n) is 1.37. The normalized spacial score (nSPS) is 11.0. The van der Waals surface area contributed by atoms with Crippen LogP contribution >= 0.6 is 0 Å². The maximum Gasteiger partial charge on any atom is 0.378 e. The van der Waals surface area contributed by atoms with Gasteiger partial charge in [-0.05, 0) is 6.04 Å². The van der Waals surface area contributed by atoms with Crippen molar-refractivity contribution in [1.82, 2.24) is 0 Å². The molecule has 0 bridgehead atoms. The predicted molar refractivity (Wildman–Crippen MR) is 51.0 cm³/mol. The van der Waals surface area contributed by atoms with Crippen LogP contribution in [0.4, 0.5) is 0 Å². The van der Waals surface area contributed by atoms with Gasteiger partial charge in [-0.3, -0.25) is 10.1 Å². The molecule has 6 heteroatoms. The molecule has 0 aliphatic rings. The highest BCUT2D eigenvalue weighted by Gasteiger charge is 2.15. The van der Waals surface area contributed by atoms with Gasteiger partial charge in [0.15, 0.2) is 0 Å². The van der Waals surface area contributed by atoms with Gasteiger partial charge in [-0.2, -0.15) is 0 Å². The minimum absolute atomic E-state index is 0.308. The topological polar surface area (TPSA) is 69.4 Å². The summed E-state index contributed by atoms with van der Waals surface area (Å²) in [5.41, 5.74) is 0. The molecule has 13 heavy (non-hydrogen) atoms. The molecule has 0 aliphatic heterocycles. The van der Waals surface area contributed by atoms with Crippen molar-refractivity contribution < 1.29 is 14.5 Å². The first-order valence-electron chi connectivity index (χ1n) is 4.09. The van der Waals surface area contributed by atoms with Crippen molar-refractivity contribution in [2.24, 2.45) is 0 Å². The Morgan fingerprint density at radius 3 is 2.38 bits per heavy atom. The minimum Gasteiger partial charge on any atom is -0.461 e. The first-order valence-corrected chi connectivity index (χ1v) is 7.79. The summed E-state index contributed by atoms with van der Waals surface area (Å²) in [6.45, 7) is 6.02. The molecule has 0 heterocycles. The van der Waals surface area contributed by atoms with E-state index >= 15 is 0 Å². The van der Waals surface area contributed by atoms with Crippen LogP contribution in [0.1, 0.15) is 0 Å². The molecule has 0 saturated carbocycles. The largest absolute Gasteiger partial charge is 0.461 e. The highest BCUT2D eigenvalue weighted by Crippen LogP contribution is 2.07. The number of carbonyl (C=O) groups is 1. The van der Waals surface area contributed by atoms with E-state index in [1.165, 1.54) is 0 Å². The summed E-state index contributed by atoms with van der Waals surface area (Å²) in [6, 6.07) is 0.844. The van der Waals surface area contributed by atoms with Crippen LogP contribution in [0.5, 0.6) is 0 Å². The van der Waals surface area contributed by atoms with Gasteiger partial charge in [0.1, 0.15) is 0 Å². The van der Waals surface area contributed by atoms with Crippen LogP contribution in [0.25, 0.3) is 0 Å². The van der Waals surface area contributed by atoms with Gasteiger partial charge in [0.25, 0.3) is 6.54 Å². The monoisotopic (exact) mass is 205 g/mol. The molecular weight excluding hydrogens is 190 g/mol. The Balaban J connectivity index is 3.54. The number of carbonyl (C=O) groups excluding carboxylic acids is 1. The Hall–Kier alpha value is -0.913. The molecule has 0 spiro atoms. The third kappa shape index (κ3) is 9.00. The van der Waals surface area contributed by atoms with Crippen LogP contribution in [-0.2, 0) is 9.53 Å². The number of nitrogens with zero attached hydrogens (tertiary/aromatic N) is 1. The summed E-state index contributed by atoms with van der Waals surface area (Å²) in [7, 11) is -1.21. The number of hydrogen-bond acceptors (Lipinski definition) is 4. The van der Waals surface area contributed by atoms with Crippen molar-refractivity contribution in [3.63, 3.8) is 0 Å². The first-order chi connectivity index (χ1) is 5.81. The van der Waals surface area contributed by atoms with E-state index in [1.54, 1.807) is 0 Å². The second kappa shape index (κ2) is 4.96. The van der Waals surface area contributed by atoms with Crippen LogP contribution in [0.3, 0.4) is 0 Å². The van der Waals surface area contributed by atoms with Gasteiger partial charge in [0.05, 0.1) is 6.61 Å².